The Morgan fingerprint density at radius 3 is 3.17 bits per heavy atom. The average Bonchev–Trinajstić information content (AvgIpc) is 2.86. The Hall–Kier alpha value is -0.720. The molecule has 6 heteroatoms. The maximum atomic E-state index is 4.24. The molecule has 1 unspecified atom stereocenters. The number of hydrogen-bond donors (Lipinski definition) is 1. The van der Waals surface area contributed by atoms with Crippen LogP contribution in [0.4, 0.5) is 5.00 Å². The smallest absolute Gasteiger partial charge is 0.134 e. The highest BCUT2D eigenvalue weighted by molar-refractivity contribution is 7.10. The van der Waals surface area contributed by atoms with Crippen molar-refractivity contribution in [1.29, 1.82) is 0 Å². The van der Waals surface area contributed by atoms with E-state index in [4.69, 9.17) is 0 Å². The number of hydrogen-bond acceptors (Lipinski definition) is 6. The molecule has 0 radical (unpaired) electrons. The van der Waals surface area contributed by atoms with Crippen molar-refractivity contribution in [2.75, 3.05) is 38.5 Å². The van der Waals surface area contributed by atoms with Crippen LogP contribution >= 0.6 is 11.5 Å². The summed E-state index contributed by atoms with van der Waals surface area (Å²) in [5.41, 5.74) is 1.10. The monoisotopic (exact) mass is 267 g/mol. The first-order valence-electron chi connectivity index (χ1n) is 6.82. The second-order valence-corrected chi connectivity index (χ2v) is 5.97. The number of nitrogens with one attached hydrogen (secondary N) is 1. The van der Waals surface area contributed by atoms with E-state index in [1.807, 2.05) is 7.05 Å². The van der Waals surface area contributed by atoms with Crippen molar-refractivity contribution < 1.29 is 0 Å². The van der Waals surface area contributed by atoms with Crippen molar-refractivity contribution >= 4 is 16.5 Å². The number of fused-ring (bicyclic) bond motifs is 1. The Morgan fingerprint density at radius 1 is 1.33 bits per heavy atom. The summed E-state index contributed by atoms with van der Waals surface area (Å²) in [5, 5.41) is 8.53. The van der Waals surface area contributed by atoms with E-state index >= 15 is 0 Å². The minimum Gasteiger partial charge on any atom is -0.377 e. The zero-order chi connectivity index (χ0) is 12.4. The SMILES string of the molecule is CNc1snnc1CN1CCN2CCCCC2C1. The topological polar surface area (TPSA) is 44.3 Å². The van der Waals surface area contributed by atoms with Crippen molar-refractivity contribution in [3.63, 3.8) is 0 Å². The van der Waals surface area contributed by atoms with Gasteiger partial charge in [-0.2, -0.15) is 0 Å². The lowest BCUT2D eigenvalue weighted by atomic mass is 9.99. The van der Waals surface area contributed by atoms with Gasteiger partial charge in [0.15, 0.2) is 0 Å². The van der Waals surface area contributed by atoms with Gasteiger partial charge in [0.05, 0.1) is 0 Å². The predicted molar refractivity (Wildman–Crippen MR) is 73.9 cm³/mol. The van der Waals surface area contributed by atoms with Crippen LogP contribution in [0.2, 0.25) is 0 Å². The van der Waals surface area contributed by atoms with Gasteiger partial charge in [0.25, 0.3) is 0 Å². The fourth-order valence-electron chi connectivity index (χ4n) is 3.08. The van der Waals surface area contributed by atoms with Crippen LogP contribution in [0.15, 0.2) is 0 Å². The lowest BCUT2D eigenvalue weighted by molar-refractivity contribution is 0.0452. The summed E-state index contributed by atoms with van der Waals surface area (Å²) < 4.78 is 4.03. The minimum absolute atomic E-state index is 0.775. The molecular formula is C12H21N5S. The standard InChI is InChI=1S/C12H21N5S/c1-13-12-11(14-15-18-12)9-16-6-7-17-5-3-2-4-10(17)8-16/h10,13H,2-9H2,1H3. The molecule has 0 aromatic carbocycles. The van der Waals surface area contributed by atoms with E-state index in [1.54, 1.807) is 0 Å². The number of nitrogens with zero attached hydrogens (tertiary/aromatic N) is 4. The molecule has 3 heterocycles. The van der Waals surface area contributed by atoms with Crippen molar-refractivity contribution in [2.24, 2.45) is 0 Å². The molecule has 1 N–H and O–H groups in total. The molecule has 0 amide bonds. The second-order valence-electron chi connectivity index (χ2n) is 5.22. The molecule has 2 saturated heterocycles. The molecule has 0 bridgehead atoms. The van der Waals surface area contributed by atoms with E-state index in [1.165, 1.54) is 50.4 Å². The maximum Gasteiger partial charge on any atom is 0.134 e. The lowest BCUT2D eigenvalue weighted by Crippen LogP contribution is -2.54. The molecule has 0 aliphatic carbocycles. The third-order valence-electron chi connectivity index (χ3n) is 4.08. The van der Waals surface area contributed by atoms with Gasteiger partial charge in [-0.25, -0.2) is 0 Å². The van der Waals surface area contributed by atoms with E-state index in [-0.39, 0.29) is 0 Å². The van der Waals surface area contributed by atoms with Gasteiger partial charge in [-0.05, 0) is 19.4 Å². The fourth-order valence-corrected chi connectivity index (χ4v) is 3.60. The number of anilines is 1. The van der Waals surface area contributed by atoms with Gasteiger partial charge >= 0.3 is 0 Å². The molecule has 1 aromatic rings. The largest absolute Gasteiger partial charge is 0.377 e. The van der Waals surface area contributed by atoms with Crippen LogP contribution in [0.1, 0.15) is 25.0 Å². The fraction of sp³-hybridized carbons (Fsp3) is 0.833. The van der Waals surface area contributed by atoms with E-state index in [2.05, 4.69) is 24.7 Å². The van der Waals surface area contributed by atoms with Crippen molar-refractivity contribution in [3.05, 3.63) is 5.69 Å². The summed E-state index contributed by atoms with van der Waals surface area (Å²) in [6.45, 7) is 5.82. The average molecular weight is 267 g/mol. The van der Waals surface area contributed by atoms with Crippen molar-refractivity contribution in [2.45, 2.75) is 31.8 Å². The van der Waals surface area contributed by atoms with Gasteiger partial charge in [0, 0.05) is 50.8 Å². The highest BCUT2D eigenvalue weighted by Gasteiger charge is 2.29. The van der Waals surface area contributed by atoms with Gasteiger partial charge in [-0.15, -0.1) is 5.10 Å². The van der Waals surface area contributed by atoms with Crippen LogP contribution in [0, 0.1) is 0 Å². The number of rotatable bonds is 3. The molecular weight excluding hydrogens is 246 g/mol. The van der Waals surface area contributed by atoms with Crippen LogP contribution in [0.5, 0.6) is 0 Å². The number of piperidine rings is 1. The van der Waals surface area contributed by atoms with Gasteiger partial charge in [0.1, 0.15) is 10.7 Å². The Bertz CT molecular complexity index is 394. The summed E-state index contributed by atoms with van der Waals surface area (Å²) in [4.78, 5) is 5.20. The van der Waals surface area contributed by atoms with Crippen LogP contribution in [0.25, 0.3) is 0 Å². The molecule has 5 nitrogen and oxygen atoms in total. The number of aromatic nitrogens is 2. The molecule has 1 atom stereocenters. The number of piperazine rings is 1. The Labute approximate surface area is 112 Å². The van der Waals surface area contributed by atoms with Gasteiger partial charge in [0.2, 0.25) is 0 Å². The van der Waals surface area contributed by atoms with E-state index in [0.29, 0.717) is 0 Å². The molecule has 18 heavy (non-hydrogen) atoms. The summed E-state index contributed by atoms with van der Waals surface area (Å²) in [6.07, 6.45) is 4.15. The van der Waals surface area contributed by atoms with E-state index in [0.717, 1.165) is 29.8 Å². The molecule has 2 fully saturated rings. The third-order valence-corrected chi connectivity index (χ3v) is 4.86. The van der Waals surface area contributed by atoms with Crippen LogP contribution in [-0.4, -0.2) is 58.7 Å². The lowest BCUT2D eigenvalue weighted by Gasteiger charge is -2.43. The van der Waals surface area contributed by atoms with Crippen LogP contribution < -0.4 is 5.32 Å². The van der Waals surface area contributed by atoms with E-state index < -0.39 is 0 Å². The zero-order valence-corrected chi connectivity index (χ0v) is 11.7. The Kier molecular flexibility index (Phi) is 3.77. The molecule has 2 aliphatic heterocycles. The molecule has 0 saturated carbocycles. The Balaban J connectivity index is 1.61. The van der Waals surface area contributed by atoms with Gasteiger partial charge in [-0.3, -0.25) is 9.80 Å². The first kappa shape index (κ1) is 12.3. The third kappa shape index (κ3) is 2.50. The summed E-state index contributed by atoms with van der Waals surface area (Å²) in [5.74, 6) is 0. The normalized spacial score (nSPS) is 25.9. The second kappa shape index (κ2) is 5.50. The Morgan fingerprint density at radius 2 is 2.28 bits per heavy atom. The van der Waals surface area contributed by atoms with E-state index in [9.17, 15) is 0 Å². The predicted octanol–water partition coefficient (Wildman–Crippen LogP) is 1.25. The summed E-state index contributed by atoms with van der Waals surface area (Å²) in [7, 11) is 1.94. The van der Waals surface area contributed by atoms with Crippen molar-refractivity contribution in [3.8, 4) is 0 Å². The van der Waals surface area contributed by atoms with Gasteiger partial charge in [-0.1, -0.05) is 10.9 Å². The molecule has 3 rings (SSSR count). The highest BCUT2D eigenvalue weighted by Crippen LogP contribution is 2.24. The summed E-state index contributed by atoms with van der Waals surface area (Å²) in [6, 6.07) is 0.775. The van der Waals surface area contributed by atoms with Crippen LogP contribution in [0.3, 0.4) is 0 Å². The van der Waals surface area contributed by atoms with Gasteiger partial charge < -0.3 is 5.32 Å². The molecule has 1 aromatic heterocycles. The quantitative estimate of drug-likeness (QED) is 0.893. The van der Waals surface area contributed by atoms with Crippen molar-refractivity contribution in [1.82, 2.24) is 19.4 Å². The maximum absolute atomic E-state index is 4.24. The molecule has 2 aliphatic rings. The highest BCUT2D eigenvalue weighted by atomic mass is 32.1. The summed E-state index contributed by atoms with van der Waals surface area (Å²) >= 11 is 1.45. The molecule has 0 spiro atoms. The first-order valence-corrected chi connectivity index (χ1v) is 7.59. The zero-order valence-electron chi connectivity index (χ0n) is 10.9. The van der Waals surface area contributed by atoms with Crippen LogP contribution in [-0.2, 0) is 6.54 Å². The minimum atomic E-state index is 0.775. The molecule has 100 valence electrons. The first-order chi connectivity index (χ1) is 8.86.